The minimum atomic E-state index is 0.150. The van der Waals surface area contributed by atoms with Gasteiger partial charge in [0.15, 0.2) is 5.15 Å². The second-order valence-electron chi connectivity index (χ2n) is 6.48. The number of imidazole rings is 1. The van der Waals surface area contributed by atoms with Crippen molar-refractivity contribution in [3.8, 4) is 0 Å². The molecule has 1 aromatic rings. The van der Waals surface area contributed by atoms with E-state index in [4.69, 9.17) is 17.3 Å². The highest BCUT2D eigenvalue weighted by atomic mass is 35.5. The van der Waals surface area contributed by atoms with Crippen LogP contribution in [-0.2, 0) is 7.05 Å². The van der Waals surface area contributed by atoms with E-state index in [0.717, 1.165) is 31.9 Å². The maximum absolute atomic E-state index is 6.21. The van der Waals surface area contributed by atoms with E-state index in [1.165, 1.54) is 0 Å². The molecular weight excluding hydrogens is 274 g/mol. The highest BCUT2D eigenvalue weighted by molar-refractivity contribution is 6.30. The summed E-state index contributed by atoms with van der Waals surface area (Å²) < 4.78 is 1.98. The molecule has 0 saturated carbocycles. The first-order valence-electron chi connectivity index (χ1n) is 7.20. The van der Waals surface area contributed by atoms with Gasteiger partial charge in [0, 0.05) is 45.3 Å². The van der Waals surface area contributed by atoms with E-state index in [0.29, 0.717) is 11.7 Å². The topological polar surface area (TPSA) is 50.3 Å². The van der Waals surface area contributed by atoms with E-state index < -0.39 is 0 Å². The monoisotopic (exact) mass is 299 g/mol. The van der Waals surface area contributed by atoms with Crippen LogP contribution < -0.4 is 5.73 Å². The van der Waals surface area contributed by atoms with Gasteiger partial charge in [-0.25, -0.2) is 4.98 Å². The van der Waals surface area contributed by atoms with Crippen molar-refractivity contribution >= 4 is 11.6 Å². The number of hydrogen-bond donors (Lipinski definition) is 1. The van der Waals surface area contributed by atoms with Gasteiger partial charge in [-0.3, -0.25) is 9.80 Å². The van der Waals surface area contributed by atoms with Crippen LogP contribution in [0.2, 0.25) is 5.15 Å². The van der Waals surface area contributed by atoms with Gasteiger partial charge in [-0.15, -0.1) is 0 Å². The van der Waals surface area contributed by atoms with Crippen molar-refractivity contribution in [2.45, 2.75) is 32.4 Å². The second kappa shape index (κ2) is 6.02. The molecule has 0 amide bonds. The summed E-state index contributed by atoms with van der Waals surface area (Å²) in [5.41, 5.74) is 7.25. The number of aryl methyl sites for hydroxylation is 1. The van der Waals surface area contributed by atoms with Gasteiger partial charge in [-0.05, 0) is 20.8 Å². The number of rotatable bonds is 3. The fourth-order valence-corrected chi connectivity index (χ4v) is 3.22. The zero-order chi connectivity index (χ0) is 14.9. The van der Waals surface area contributed by atoms with E-state index in [2.05, 4.69) is 35.6 Å². The molecule has 0 radical (unpaired) electrons. The third-order valence-electron chi connectivity index (χ3n) is 4.18. The molecule has 1 aliphatic heterocycles. The summed E-state index contributed by atoms with van der Waals surface area (Å²) in [5, 5.41) is 0.571. The number of piperazine rings is 1. The summed E-state index contributed by atoms with van der Waals surface area (Å²) in [4.78, 5) is 9.11. The highest BCUT2D eigenvalue weighted by Gasteiger charge is 2.31. The minimum Gasteiger partial charge on any atom is -0.335 e. The molecule has 0 spiro atoms. The summed E-state index contributed by atoms with van der Waals surface area (Å²) in [6.45, 7) is 11.5. The van der Waals surface area contributed by atoms with Gasteiger partial charge in [-0.2, -0.15) is 0 Å². The van der Waals surface area contributed by atoms with Crippen LogP contribution in [0.25, 0.3) is 0 Å². The molecule has 1 saturated heterocycles. The summed E-state index contributed by atoms with van der Waals surface area (Å²) in [6, 6.07) is 0.150. The molecule has 0 aliphatic carbocycles. The molecule has 5 nitrogen and oxygen atoms in total. The Morgan fingerprint density at radius 2 is 1.90 bits per heavy atom. The molecule has 20 heavy (non-hydrogen) atoms. The Bertz CT molecular complexity index is 423. The SMILES string of the molecule is Cn1cnc(Cl)c1C(CN)N1CCN(C(C)(C)C)CC1. The molecule has 114 valence electrons. The molecule has 2 rings (SSSR count). The van der Waals surface area contributed by atoms with Crippen LogP contribution in [0.5, 0.6) is 0 Å². The molecule has 2 heterocycles. The van der Waals surface area contributed by atoms with Crippen LogP contribution in [0, 0.1) is 0 Å². The summed E-state index contributed by atoms with van der Waals surface area (Å²) in [7, 11) is 1.97. The van der Waals surface area contributed by atoms with Crippen LogP contribution in [0.1, 0.15) is 32.5 Å². The Kier molecular flexibility index (Phi) is 4.74. The van der Waals surface area contributed by atoms with E-state index in [1.807, 2.05) is 11.6 Å². The van der Waals surface area contributed by atoms with E-state index >= 15 is 0 Å². The lowest BCUT2D eigenvalue weighted by molar-refractivity contribution is 0.0419. The Balaban J connectivity index is 2.08. The van der Waals surface area contributed by atoms with Crippen LogP contribution in [0.3, 0.4) is 0 Å². The van der Waals surface area contributed by atoms with Gasteiger partial charge in [-0.1, -0.05) is 11.6 Å². The third kappa shape index (κ3) is 3.17. The lowest BCUT2D eigenvalue weighted by Crippen LogP contribution is -2.54. The largest absolute Gasteiger partial charge is 0.335 e. The molecule has 1 atom stereocenters. The molecule has 6 heteroatoms. The number of nitrogens with zero attached hydrogens (tertiary/aromatic N) is 4. The molecular formula is C14H26ClN5. The standard InChI is InChI=1S/C14H26ClN5/c1-14(2,3)20-7-5-19(6-8-20)11(9-16)12-13(15)17-10-18(12)4/h10-11H,5-9,16H2,1-4H3. The van der Waals surface area contributed by atoms with E-state index in [9.17, 15) is 0 Å². The maximum Gasteiger partial charge on any atom is 0.151 e. The first kappa shape index (κ1) is 15.8. The summed E-state index contributed by atoms with van der Waals surface area (Å²) in [6.07, 6.45) is 1.76. The van der Waals surface area contributed by atoms with Crippen molar-refractivity contribution in [3.63, 3.8) is 0 Å². The van der Waals surface area contributed by atoms with Gasteiger partial charge in [0.1, 0.15) is 0 Å². The predicted molar refractivity (Wildman–Crippen MR) is 82.9 cm³/mol. The van der Waals surface area contributed by atoms with E-state index in [1.54, 1.807) is 6.33 Å². The minimum absolute atomic E-state index is 0.150. The first-order chi connectivity index (χ1) is 9.34. The number of halogens is 1. The van der Waals surface area contributed by atoms with Gasteiger partial charge >= 0.3 is 0 Å². The average Bonchev–Trinajstić information content (AvgIpc) is 2.71. The maximum atomic E-state index is 6.21. The van der Waals surface area contributed by atoms with E-state index in [-0.39, 0.29) is 11.6 Å². The fraction of sp³-hybridized carbons (Fsp3) is 0.786. The van der Waals surface area contributed by atoms with Crippen LogP contribution in [0.15, 0.2) is 6.33 Å². The fourth-order valence-electron chi connectivity index (χ4n) is 2.92. The van der Waals surface area contributed by atoms with Crippen molar-refractivity contribution < 1.29 is 0 Å². The van der Waals surface area contributed by atoms with Crippen molar-refractivity contribution in [3.05, 3.63) is 17.2 Å². The smallest absolute Gasteiger partial charge is 0.151 e. The Hall–Kier alpha value is -0.620. The number of aromatic nitrogens is 2. The number of nitrogens with two attached hydrogens (primary N) is 1. The molecule has 0 bridgehead atoms. The van der Waals surface area contributed by atoms with Crippen LogP contribution >= 0.6 is 11.6 Å². The summed E-state index contributed by atoms with van der Waals surface area (Å²) in [5.74, 6) is 0. The molecule has 1 fully saturated rings. The molecule has 2 N–H and O–H groups in total. The molecule has 1 aliphatic rings. The zero-order valence-corrected chi connectivity index (χ0v) is 13.7. The average molecular weight is 300 g/mol. The quantitative estimate of drug-likeness (QED) is 0.919. The molecule has 1 aromatic heterocycles. The zero-order valence-electron chi connectivity index (χ0n) is 12.9. The van der Waals surface area contributed by atoms with Gasteiger partial charge < -0.3 is 10.3 Å². The van der Waals surface area contributed by atoms with Gasteiger partial charge in [0.2, 0.25) is 0 Å². The predicted octanol–water partition coefficient (Wildman–Crippen LogP) is 1.49. The first-order valence-corrected chi connectivity index (χ1v) is 7.58. The van der Waals surface area contributed by atoms with Crippen molar-refractivity contribution in [2.24, 2.45) is 12.8 Å². The van der Waals surface area contributed by atoms with Crippen molar-refractivity contribution in [1.82, 2.24) is 19.4 Å². The lowest BCUT2D eigenvalue weighted by Gasteiger charge is -2.44. The number of hydrogen-bond acceptors (Lipinski definition) is 4. The normalized spacial score (nSPS) is 20.3. The lowest BCUT2D eigenvalue weighted by atomic mass is 10.0. The van der Waals surface area contributed by atoms with Crippen molar-refractivity contribution in [2.75, 3.05) is 32.7 Å². The summed E-state index contributed by atoms with van der Waals surface area (Å²) >= 11 is 6.21. The Labute approximate surface area is 126 Å². The second-order valence-corrected chi connectivity index (χ2v) is 6.83. The molecule has 0 aromatic carbocycles. The Morgan fingerprint density at radius 1 is 1.30 bits per heavy atom. The third-order valence-corrected chi connectivity index (χ3v) is 4.47. The van der Waals surface area contributed by atoms with Gasteiger partial charge in [0.25, 0.3) is 0 Å². The van der Waals surface area contributed by atoms with Crippen LogP contribution in [0.4, 0.5) is 0 Å². The van der Waals surface area contributed by atoms with Crippen molar-refractivity contribution in [1.29, 1.82) is 0 Å². The molecule has 1 unspecified atom stereocenters. The highest BCUT2D eigenvalue weighted by Crippen LogP contribution is 2.27. The van der Waals surface area contributed by atoms with Gasteiger partial charge in [0.05, 0.1) is 18.1 Å². The van der Waals surface area contributed by atoms with Crippen LogP contribution in [-0.4, -0.2) is 57.6 Å². The Morgan fingerprint density at radius 3 is 2.30 bits per heavy atom.